The Balaban J connectivity index is 1.84. The number of nitrogens with one attached hydrogen (secondary N) is 2. The van der Waals surface area contributed by atoms with Crippen LogP contribution in [0.2, 0.25) is 5.02 Å². The SMILES string of the molecule is O=S(=O)(NC1C2CNCC21)c1cccc(Cl)c1F. The van der Waals surface area contributed by atoms with Gasteiger partial charge in [0.25, 0.3) is 0 Å². The van der Waals surface area contributed by atoms with E-state index in [0.29, 0.717) is 11.8 Å². The molecule has 18 heavy (non-hydrogen) atoms. The average molecular weight is 291 g/mol. The number of hydrogen-bond donors (Lipinski definition) is 2. The minimum Gasteiger partial charge on any atom is -0.316 e. The molecule has 1 aromatic rings. The molecule has 1 aliphatic carbocycles. The summed E-state index contributed by atoms with van der Waals surface area (Å²) in [7, 11) is -3.83. The first-order valence-electron chi connectivity index (χ1n) is 5.68. The van der Waals surface area contributed by atoms with Crippen LogP contribution in [0.5, 0.6) is 0 Å². The van der Waals surface area contributed by atoms with Crippen molar-refractivity contribution in [2.24, 2.45) is 11.8 Å². The van der Waals surface area contributed by atoms with E-state index in [9.17, 15) is 12.8 Å². The molecule has 1 saturated heterocycles. The maximum absolute atomic E-state index is 13.7. The molecule has 2 unspecified atom stereocenters. The van der Waals surface area contributed by atoms with E-state index in [1.165, 1.54) is 18.2 Å². The Morgan fingerprint density at radius 3 is 2.67 bits per heavy atom. The zero-order chi connectivity index (χ0) is 12.9. The standard InChI is InChI=1S/C11H12ClFN2O2S/c12-8-2-1-3-9(10(8)13)18(16,17)15-11-6-4-14-5-7(6)11/h1-3,6-7,11,14-15H,4-5H2. The highest BCUT2D eigenvalue weighted by Gasteiger charge is 2.54. The number of piperidine rings is 1. The summed E-state index contributed by atoms with van der Waals surface area (Å²) < 4.78 is 40.4. The van der Waals surface area contributed by atoms with Gasteiger partial charge in [-0.1, -0.05) is 17.7 Å². The molecular formula is C11H12ClFN2O2S. The third-order valence-electron chi connectivity index (χ3n) is 3.59. The second-order valence-electron chi connectivity index (χ2n) is 4.68. The number of halogens is 2. The highest BCUT2D eigenvalue weighted by atomic mass is 35.5. The van der Waals surface area contributed by atoms with Crippen LogP contribution in [0.3, 0.4) is 0 Å². The van der Waals surface area contributed by atoms with Crippen LogP contribution in [0.25, 0.3) is 0 Å². The van der Waals surface area contributed by atoms with Gasteiger partial charge in [0.1, 0.15) is 4.90 Å². The van der Waals surface area contributed by atoms with E-state index < -0.39 is 15.8 Å². The van der Waals surface area contributed by atoms with Crippen molar-refractivity contribution in [2.75, 3.05) is 13.1 Å². The van der Waals surface area contributed by atoms with Crippen LogP contribution < -0.4 is 10.0 Å². The molecule has 2 fully saturated rings. The van der Waals surface area contributed by atoms with Gasteiger partial charge < -0.3 is 5.32 Å². The minimum absolute atomic E-state index is 0.0744. The Hall–Kier alpha value is -0.690. The predicted octanol–water partition coefficient (Wildman–Crippen LogP) is 0.975. The molecule has 0 bridgehead atoms. The normalized spacial score (nSPS) is 30.2. The van der Waals surface area contributed by atoms with E-state index in [0.717, 1.165) is 13.1 Å². The molecule has 4 nitrogen and oxygen atoms in total. The van der Waals surface area contributed by atoms with Gasteiger partial charge in [0, 0.05) is 6.04 Å². The van der Waals surface area contributed by atoms with Gasteiger partial charge in [-0.2, -0.15) is 0 Å². The van der Waals surface area contributed by atoms with Crippen LogP contribution in [0, 0.1) is 17.7 Å². The van der Waals surface area contributed by atoms with Crippen molar-refractivity contribution in [1.29, 1.82) is 0 Å². The predicted molar refractivity (Wildman–Crippen MR) is 65.4 cm³/mol. The van der Waals surface area contributed by atoms with Crippen LogP contribution in [-0.2, 0) is 10.0 Å². The Morgan fingerprint density at radius 1 is 1.33 bits per heavy atom. The van der Waals surface area contributed by atoms with Crippen molar-refractivity contribution in [3.8, 4) is 0 Å². The molecule has 0 aromatic heterocycles. The van der Waals surface area contributed by atoms with Gasteiger partial charge in [0.05, 0.1) is 5.02 Å². The maximum Gasteiger partial charge on any atom is 0.243 e. The fourth-order valence-corrected chi connectivity index (χ4v) is 4.20. The van der Waals surface area contributed by atoms with Crippen molar-refractivity contribution >= 4 is 21.6 Å². The minimum atomic E-state index is -3.83. The first kappa shape index (κ1) is 12.3. The summed E-state index contributed by atoms with van der Waals surface area (Å²) in [4.78, 5) is -0.382. The summed E-state index contributed by atoms with van der Waals surface area (Å²) in [5.74, 6) is -0.223. The molecule has 1 saturated carbocycles. The number of sulfonamides is 1. The van der Waals surface area contributed by atoms with Gasteiger partial charge in [-0.25, -0.2) is 17.5 Å². The Kier molecular flexibility index (Phi) is 2.85. The number of fused-ring (bicyclic) bond motifs is 1. The molecule has 7 heteroatoms. The van der Waals surface area contributed by atoms with Gasteiger partial charge in [0.2, 0.25) is 10.0 Å². The second-order valence-corrected chi connectivity index (χ2v) is 6.77. The summed E-state index contributed by atoms with van der Waals surface area (Å²) >= 11 is 5.59. The largest absolute Gasteiger partial charge is 0.316 e. The van der Waals surface area contributed by atoms with E-state index >= 15 is 0 Å². The Morgan fingerprint density at radius 2 is 2.00 bits per heavy atom. The summed E-state index contributed by atoms with van der Waals surface area (Å²) in [6.07, 6.45) is 0. The molecule has 1 aliphatic heterocycles. The van der Waals surface area contributed by atoms with Crippen LogP contribution >= 0.6 is 11.6 Å². The molecule has 0 radical (unpaired) electrons. The van der Waals surface area contributed by atoms with Crippen molar-refractivity contribution in [3.05, 3.63) is 29.0 Å². The molecular weight excluding hydrogens is 279 g/mol. The first-order valence-corrected chi connectivity index (χ1v) is 7.54. The molecule has 1 heterocycles. The lowest BCUT2D eigenvalue weighted by atomic mass is 10.3. The van der Waals surface area contributed by atoms with Crippen molar-refractivity contribution in [1.82, 2.24) is 10.0 Å². The zero-order valence-corrected chi connectivity index (χ0v) is 10.9. The van der Waals surface area contributed by atoms with Crippen LogP contribution in [0.4, 0.5) is 4.39 Å². The van der Waals surface area contributed by atoms with Crippen LogP contribution in [0.15, 0.2) is 23.1 Å². The van der Waals surface area contributed by atoms with E-state index in [1.807, 2.05) is 0 Å². The summed E-state index contributed by atoms with van der Waals surface area (Å²) in [6, 6.07) is 3.90. The second kappa shape index (κ2) is 4.16. The van der Waals surface area contributed by atoms with E-state index in [1.54, 1.807) is 0 Å². The quantitative estimate of drug-likeness (QED) is 0.872. The van der Waals surface area contributed by atoms with Crippen molar-refractivity contribution in [2.45, 2.75) is 10.9 Å². The lowest BCUT2D eigenvalue weighted by Crippen LogP contribution is -2.33. The van der Waals surface area contributed by atoms with Gasteiger partial charge in [0.15, 0.2) is 5.82 Å². The Bertz CT molecular complexity index is 583. The fraction of sp³-hybridized carbons (Fsp3) is 0.455. The highest BCUT2D eigenvalue weighted by molar-refractivity contribution is 7.89. The fourth-order valence-electron chi connectivity index (χ4n) is 2.53. The van der Waals surface area contributed by atoms with Crippen molar-refractivity contribution < 1.29 is 12.8 Å². The van der Waals surface area contributed by atoms with E-state index in [2.05, 4.69) is 10.0 Å². The number of benzene rings is 1. The summed E-state index contributed by atoms with van der Waals surface area (Å²) in [5.41, 5.74) is 0. The molecule has 2 aliphatic rings. The zero-order valence-electron chi connectivity index (χ0n) is 9.36. The molecule has 3 rings (SSSR count). The van der Waals surface area contributed by atoms with Crippen LogP contribution in [0.1, 0.15) is 0 Å². The molecule has 1 aromatic carbocycles. The smallest absolute Gasteiger partial charge is 0.243 e. The lowest BCUT2D eigenvalue weighted by Gasteiger charge is -2.10. The third kappa shape index (κ3) is 1.93. The molecule has 2 N–H and O–H groups in total. The third-order valence-corrected chi connectivity index (χ3v) is 5.36. The summed E-state index contributed by atoms with van der Waals surface area (Å²) in [6.45, 7) is 1.63. The lowest BCUT2D eigenvalue weighted by molar-refractivity contribution is 0.547. The monoisotopic (exact) mass is 290 g/mol. The molecule has 98 valence electrons. The van der Waals surface area contributed by atoms with Gasteiger partial charge in [-0.15, -0.1) is 0 Å². The van der Waals surface area contributed by atoms with Crippen molar-refractivity contribution in [3.63, 3.8) is 0 Å². The number of rotatable bonds is 3. The van der Waals surface area contributed by atoms with Gasteiger partial charge >= 0.3 is 0 Å². The Labute approximate surface area is 110 Å². The molecule has 0 amide bonds. The van der Waals surface area contributed by atoms with E-state index in [-0.39, 0.29) is 16.0 Å². The average Bonchev–Trinajstić information content (AvgIpc) is 2.76. The molecule has 2 atom stereocenters. The van der Waals surface area contributed by atoms with Gasteiger partial charge in [-0.3, -0.25) is 0 Å². The van der Waals surface area contributed by atoms with Crippen LogP contribution in [-0.4, -0.2) is 27.5 Å². The molecule has 0 spiro atoms. The maximum atomic E-state index is 13.7. The first-order chi connectivity index (χ1) is 8.50. The van der Waals surface area contributed by atoms with E-state index in [4.69, 9.17) is 11.6 Å². The number of hydrogen-bond acceptors (Lipinski definition) is 3. The van der Waals surface area contributed by atoms with Gasteiger partial charge in [-0.05, 0) is 37.1 Å². The highest BCUT2D eigenvalue weighted by Crippen LogP contribution is 2.42. The topological polar surface area (TPSA) is 58.2 Å². The summed E-state index contributed by atoms with van der Waals surface area (Å²) in [5, 5.41) is 2.98.